The molecular weight excluding hydrogens is 296 g/mol. The van der Waals surface area contributed by atoms with E-state index < -0.39 is 0 Å². The molecule has 0 spiro atoms. The van der Waals surface area contributed by atoms with Gasteiger partial charge in [-0.1, -0.05) is 18.2 Å². The van der Waals surface area contributed by atoms with Crippen molar-refractivity contribution in [2.24, 2.45) is 0 Å². The maximum atomic E-state index is 10.1. The van der Waals surface area contributed by atoms with E-state index in [-0.39, 0.29) is 11.9 Å². The molecular formula is C18H20O5. The van der Waals surface area contributed by atoms with Crippen molar-refractivity contribution in [3.05, 3.63) is 41.5 Å². The van der Waals surface area contributed by atoms with Crippen LogP contribution in [0.4, 0.5) is 0 Å². The molecule has 0 saturated carbocycles. The van der Waals surface area contributed by atoms with Gasteiger partial charge in [-0.25, -0.2) is 0 Å². The van der Waals surface area contributed by atoms with Crippen molar-refractivity contribution < 1.29 is 24.1 Å². The number of rotatable bonds is 4. The van der Waals surface area contributed by atoms with Crippen LogP contribution in [-0.2, 0) is 6.42 Å². The van der Waals surface area contributed by atoms with Crippen molar-refractivity contribution in [1.82, 2.24) is 0 Å². The van der Waals surface area contributed by atoms with Crippen LogP contribution in [0.5, 0.6) is 28.7 Å². The lowest BCUT2D eigenvalue weighted by atomic mass is 9.95. The monoisotopic (exact) mass is 316 g/mol. The summed E-state index contributed by atoms with van der Waals surface area (Å²) in [6.45, 7) is 0. The lowest BCUT2D eigenvalue weighted by Gasteiger charge is -2.29. The summed E-state index contributed by atoms with van der Waals surface area (Å²) < 4.78 is 22.3. The summed E-state index contributed by atoms with van der Waals surface area (Å²) in [5, 5.41) is 10.1. The highest BCUT2D eigenvalue weighted by molar-refractivity contribution is 5.62. The van der Waals surface area contributed by atoms with E-state index in [1.807, 2.05) is 24.3 Å². The van der Waals surface area contributed by atoms with Crippen LogP contribution in [0.1, 0.15) is 23.7 Å². The van der Waals surface area contributed by atoms with Crippen LogP contribution in [0.2, 0.25) is 0 Å². The zero-order valence-electron chi connectivity index (χ0n) is 13.5. The number of hydrogen-bond donors (Lipinski definition) is 1. The van der Waals surface area contributed by atoms with Gasteiger partial charge in [0.15, 0.2) is 11.5 Å². The van der Waals surface area contributed by atoms with E-state index in [0.29, 0.717) is 17.2 Å². The Morgan fingerprint density at radius 2 is 1.78 bits per heavy atom. The SMILES string of the molecule is COc1ccccc1[C@@H]1CCc2c(OC)cc(O)c(OC)c2O1. The van der Waals surface area contributed by atoms with E-state index in [1.54, 1.807) is 20.3 Å². The Morgan fingerprint density at radius 3 is 2.48 bits per heavy atom. The summed E-state index contributed by atoms with van der Waals surface area (Å²) in [6.07, 6.45) is 1.38. The predicted octanol–water partition coefficient (Wildman–Crippen LogP) is 3.48. The molecule has 2 aromatic rings. The molecule has 5 heteroatoms. The fourth-order valence-electron chi connectivity index (χ4n) is 3.01. The molecule has 5 nitrogen and oxygen atoms in total. The predicted molar refractivity (Wildman–Crippen MR) is 85.9 cm³/mol. The van der Waals surface area contributed by atoms with Crippen LogP contribution in [0.25, 0.3) is 0 Å². The summed E-state index contributed by atoms with van der Waals surface area (Å²) in [5.74, 6) is 2.26. The van der Waals surface area contributed by atoms with Crippen molar-refractivity contribution in [2.45, 2.75) is 18.9 Å². The summed E-state index contributed by atoms with van der Waals surface area (Å²) in [7, 11) is 4.73. The standard InChI is InChI=1S/C18H20O5/c1-20-14-7-5-4-6-11(14)15-9-8-12-16(21-2)10-13(19)18(22-3)17(12)23-15/h4-7,10,15,19H,8-9H2,1-3H3/t15-/m0/s1. The zero-order valence-corrected chi connectivity index (χ0v) is 13.5. The molecule has 0 aromatic heterocycles. The molecule has 0 amide bonds. The third-order valence-corrected chi connectivity index (χ3v) is 4.10. The average Bonchev–Trinajstić information content (AvgIpc) is 2.60. The topological polar surface area (TPSA) is 57.2 Å². The molecule has 0 unspecified atom stereocenters. The van der Waals surface area contributed by atoms with Gasteiger partial charge in [0.25, 0.3) is 0 Å². The van der Waals surface area contributed by atoms with Gasteiger partial charge >= 0.3 is 0 Å². The summed E-state index contributed by atoms with van der Waals surface area (Å²) in [4.78, 5) is 0. The third kappa shape index (κ3) is 2.63. The van der Waals surface area contributed by atoms with Gasteiger partial charge in [0.2, 0.25) is 5.75 Å². The van der Waals surface area contributed by atoms with E-state index >= 15 is 0 Å². The highest BCUT2D eigenvalue weighted by Crippen LogP contribution is 2.50. The van der Waals surface area contributed by atoms with Gasteiger partial charge in [-0.15, -0.1) is 0 Å². The van der Waals surface area contributed by atoms with Crippen molar-refractivity contribution >= 4 is 0 Å². The van der Waals surface area contributed by atoms with E-state index in [2.05, 4.69) is 0 Å². The number of phenolic OH excluding ortho intramolecular Hbond substituents is 1. The summed E-state index contributed by atoms with van der Waals surface area (Å²) >= 11 is 0. The summed E-state index contributed by atoms with van der Waals surface area (Å²) in [5.41, 5.74) is 1.89. The quantitative estimate of drug-likeness (QED) is 0.936. The molecule has 0 fully saturated rings. The number of methoxy groups -OCH3 is 3. The van der Waals surface area contributed by atoms with Gasteiger partial charge in [0, 0.05) is 17.2 Å². The Kier molecular flexibility index (Phi) is 4.19. The number of fused-ring (bicyclic) bond motifs is 1. The normalized spacial score (nSPS) is 16.2. The second-order valence-corrected chi connectivity index (χ2v) is 5.33. The van der Waals surface area contributed by atoms with Crippen LogP contribution in [0.3, 0.4) is 0 Å². The fraction of sp³-hybridized carbons (Fsp3) is 0.333. The number of phenols is 1. The number of para-hydroxylation sites is 1. The molecule has 1 aliphatic heterocycles. The fourth-order valence-corrected chi connectivity index (χ4v) is 3.01. The molecule has 1 N–H and O–H groups in total. The molecule has 122 valence electrons. The smallest absolute Gasteiger partial charge is 0.203 e. The first-order chi connectivity index (χ1) is 11.2. The Balaban J connectivity index is 2.04. The third-order valence-electron chi connectivity index (χ3n) is 4.10. The van der Waals surface area contributed by atoms with Gasteiger partial charge < -0.3 is 24.1 Å². The van der Waals surface area contributed by atoms with Gasteiger partial charge in [-0.2, -0.15) is 0 Å². The van der Waals surface area contributed by atoms with E-state index in [0.717, 1.165) is 29.7 Å². The highest BCUT2D eigenvalue weighted by atomic mass is 16.5. The van der Waals surface area contributed by atoms with Crippen molar-refractivity contribution in [1.29, 1.82) is 0 Å². The van der Waals surface area contributed by atoms with Gasteiger partial charge in [0.05, 0.1) is 21.3 Å². The molecule has 0 aliphatic carbocycles. The second-order valence-electron chi connectivity index (χ2n) is 5.33. The maximum Gasteiger partial charge on any atom is 0.203 e. The average molecular weight is 316 g/mol. The highest BCUT2D eigenvalue weighted by Gasteiger charge is 2.30. The maximum absolute atomic E-state index is 10.1. The van der Waals surface area contributed by atoms with E-state index in [1.165, 1.54) is 7.11 Å². The lowest BCUT2D eigenvalue weighted by molar-refractivity contribution is 0.161. The minimum atomic E-state index is -0.168. The molecule has 3 rings (SSSR count). The molecule has 1 heterocycles. The Hall–Kier alpha value is -2.56. The molecule has 0 bridgehead atoms. The van der Waals surface area contributed by atoms with Gasteiger partial charge in [0.1, 0.15) is 17.6 Å². The minimum Gasteiger partial charge on any atom is -0.504 e. The Bertz CT molecular complexity index is 711. The van der Waals surface area contributed by atoms with Crippen LogP contribution in [-0.4, -0.2) is 26.4 Å². The first kappa shape index (κ1) is 15.3. The molecule has 23 heavy (non-hydrogen) atoms. The largest absolute Gasteiger partial charge is 0.504 e. The number of aromatic hydroxyl groups is 1. The Labute approximate surface area is 135 Å². The van der Waals surface area contributed by atoms with Crippen molar-refractivity contribution in [2.75, 3.05) is 21.3 Å². The molecule has 0 saturated heterocycles. The number of benzene rings is 2. The van der Waals surface area contributed by atoms with Crippen LogP contribution in [0, 0.1) is 0 Å². The minimum absolute atomic E-state index is 0.00350. The molecule has 2 aromatic carbocycles. The van der Waals surface area contributed by atoms with Crippen molar-refractivity contribution in [3.63, 3.8) is 0 Å². The first-order valence-electron chi connectivity index (χ1n) is 7.46. The lowest BCUT2D eigenvalue weighted by Crippen LogP contribution is -2.17. The molecule has 1 aliphatic rings. The van der Waals surface area contributed by atoms with E-state index in [9.17, 15) is 5.11 Å². The van der Waals surface area contributed by atoms with Crippen molar-refractivity contribution in [3.8, 4) is 28.7 Å². The van der Waals surface area contributed by atoms with E-state index in [4.69, 9.17) is 18.9 Å². The zero-order chi connectivity index (χ0) is 16.4. The molecule has 0 radical (unpaired) electrons. The summed E-state index contributed by atoms with van der Waals surface area (Å²) in [6, 6.07) is 9.34. The Morgan fingerprint density at radius 1 is 1.04 bits per heavy atom. The molecule has 1 atom stereocenters. The number of hydrogen-bond acceptors (Lipinski definition) is 5. The number of ether oxygens (including phenoxy) is 4. The first-order valence-corrected chi connectivity index (χ1v) is 7.46. The van der Waals surface area contributed by atoms with Crippen LogP contribution >= 0.6 is 0 Å². The van der Waals surface area contributed by atoms with Gasteiger partial charge in [-0.05, 0) is 18.9 Å². The van der Waals surface area contributed by atoms with Gasteiger partial charge in [-0.3, -0.25) is 0 Å². The van der Waals surface area contributed by atoms with Crippen LogP contribution < -0.4 is 18.9 Å². The van der Waals surface area contributed by atoms with Crippen LogP contribution in [0.15, 0.2) is 30.3 Å². The second kappa shape index (κ2) is 6.28.